The van der Waals surface area contributed by atoms with E-state index >= 15 is 0 Å². The Labute approximate surface area is 141 Å². The number of hydrogen-bond donors (Lipinski definition) is 2. The van der Waals surface area contributed by atoms with Crippen molar-refractivity contribution in [2.24, 2.45) is 0 Å². The van der Waals surface area contributed by atoms with E-state index < -0.39 is 0 Å². The Balaban J connectivity index is 1.80. The van der Waals surface area contributed by atoms with E-state index in [1.54, 1.807) is 7.11 Å². The van der Waals surface area contributed by atoms with Crippen molar-refractivity contribution in [1.82, 2.24) is 5.32 Å². The number of halogens is 1. The molecule has 0 aliphatic rings. The molecule has 0 saturated carbocycles. The molecule has 0 spiro atoms. The van der Waals surface area contributed by atoms with Crippen LogP contribution in [0.3, 0.4) is 0 Å². The fourth-order valence-electron chi connectivity index (χ4n) is 2.30. The fraction of sp³-hybridized carbons (Fsp3) is 0.278. The van der Waals surface area contributed by atoms with Gasteiger partial charge in [-0.2, -0.15) is 0 Å². The molecule has 0 unspecified atom stereocenters. The van der Waals surface area contributed by atoms with Crippen LogP contribution >= 0.6 is 11.6 Å². The van der Waals surface area contributed by atoms with Gasteiger partial charge in [0.25, 0.3) is 5.91 Å². The Bertz CT molecular complexity index is 644. The molecule has 0 aromatic heterocycles. The van der Waals surface area contributed by atoms with Gasteiger partial charge >= 0.3 is 0 Å². The molecule has 2 rings (SSSR count). The number of amides is 1. The largest absolute Gasteiger partial charge is 0.496 e. The molecule has 23 heavy (non-hydrogen) atoms. The van der Waals surface area contributed by atoms with E-state index in [1.165, 1.54) is 0 Å². The highest BCUT2D eigenvalue weighted by Crippen LogP contribution is 2.16. The van der Waals surface area contributed by atoms with Crippen LogP contribution in [-0.4, -0.2) is 19.6 Å². The number of carbonyl (C=O) groups is 1. The summed E-state index contributed by atoms with van der Waals surface area (Å²) in [6.45, 7) is 2.90. The second kappa shape index (κ2) is 8.56. The summed E-state index contributed by atoms with van der Waals surface area (Å²) in [4.78, 5) is 12.0. The van der Waals surface area contributed by atoms with Crippen molar-refractivity contribution in [3.63, 3.8) is 0 Å². The van der Waals surface area contributed by atoms with Crippen molar-refractivity contribution in [2.45, 2.75) is 19.5 Å². The number of methoxy groups -OCH3 is 1. The molecule has 0 bridgehead atoms. The van der Waals surface area contributed by atoms with E-state index in [2.05, 4.69) is 12.2 Å². The van der Waals surface area contributed by atoms with E-state index in [-0.39, 0.29) is 11.9 Å². The maximum Gasteiger partial charge on any atom is 0.275 e. The van der Waals surface area contributed by atoms with Crippen LogP contribution in [-0.2, 0) is 11.3 Å². The number of para-hydroxylation sites is 1. The monoisotopic (exact) mass is 333 g/mol. The standard InChI is InChI=1S/C18H21ClN2O2/c1-13(14-7-9-16(19)10-8-14)20-12-18(22)21-11-15-5-3-4-6-17(15)23-2/h3-10,13,20H,11-12H2,1-2H3,(H,21,22)/p+1/t13-/m1/s1. The number of rotatable bonds is 7. The molecule has 0 radical (unpaired) electrons. The van der Waals surface area contributed by atoms with Crippen LogP contribution in [0.2, 0.25) is 5.02 Å². The number of quaternary nitrogens is 1. The van der Waals surface area contributed by atoms with Crippen molar-refractivity contribution in [1.29, 1.82) is 0 Å². The van der Waals surface area contributed by atoms with Gasteiger partial charge in [-0.25, -0.2) is 0 Å². The van der Waals surface area contributed by atoms with Gasteiger partial charge in [-0.1, -0.05) is 41.9 Å². The summed E-state index contributed by atoms with van der Waals surface area (Å²) >= 11 is 5.88. The highest BCUT2D eigenvalue weighted by Gasteiger charge is 2.12. The third-order valence-corrected chi connectivity index (χ3v) is 3.97. The van der Waals surface area contributed by atoms with E-state index in [4.69, 9.17) is 16.3 Å². The summed E-state index contributed by atoms with van der Waals surface area (Å²) in [5.74, 6) is 0.781. The normalized spacial score (nSPS) is 11.8. The average Bonchev–Trinajstić information content (AvgIpc) is 2.58. The first-order valence-electron chi connectivity index (χ1n) is 7.57. The van der Waals surface area contributed by atoms with Crippen LogP contribution < -0.4 is 15.4 Å². The lowest BCUT2D eigenvalue weighted by Gasteiger charge is -2.12. The molecule has 0 heterocycles. The third kappa shape index (κ3) is 5.27. The van der Waals surface area contributed by atoms with Crippen molar-refractivity contribution in [3.8, 4) is 5.75 Å². The summed E-state index contributed by atoms with van der Waals surface area (Å²) in [6.07, 6.45) is 0. The second-order valence-corrected chi connectivity index (χ2v) is 5.81. The average molecular weight is 334 g/mol. The van der Waals surface area contributed by atoms with Crippen LogP contribution in [0.4, 0.5) is 0 Å². The molecule has 1 amide bonds. The molecule has 0 aliphatic heterocycles. The van der Waals surface area contributed by atoms with Gasteiger partial charge in [0.05, 0.1) is 7.11 Å². The molecule has 4 nitrogen and oxygen atoms in total. The topological polar surface area (TPSA) is 54.9 Å². The van der Waals surface area contributed by atoms with Gasteiger partial charge in [0.15, 0.2) is 6.54 Å². The van der Waals surface area contributed by atoms with Gasteiger partial charge in [0.2, 0.25) is 0 Å². The minimum atomic E-state index is -0.00304. The van der Waals surface area contributed by atoms with E-state index in [0.29, 0.717) is 13.1 Å². The lowest BCUT2D eigenvalue weighted by atomic mass is 10.1. The summed E-state index contributed by atoms with van der Waals surface area (Å²) in [7, 11) is 1.63. The number of ether oxygens (including phenoxy) is 1. The first kappa shape index (κ1) is 17.3. The molecule has 3 N–H and O–H groups in total. The number of nitrogens with two attached hydrogens (primary N) is 1. The van der Waals surface area contributed by atoms with Crippen molar-refractivity contribution in [2.75, 3.05) is 13.7 Å². The minimum absolute atomic E-state index is 0.00304. The van der Waals surface area contributed by atoms with Crippen LogP contribution in [0.25, 0.3) is 0 Å². The molecule has 5 heteroatoms. The number of benzene rings is 2. The lowest BCUT2D eigenvalue weighted by molar-refractivity contribution is -0.682. The second-order valence-electron chi connectivity index (χ2n) is 5.37. The van der Waals surface area contributed by atoms with Crippen LogP contribution in [0.5, 0.6) is 5.75 Å². The third-order valence-electron chi connectivity index (χ3n) is 3.72. The Morgan fingerprint density at radius 2 is 1.91 bits per heavy atom. The predicted molar refractivity (Wildman–Crippen MR) is 91.5 cm³/mol. The summed E-state index contributed by atoms with van der Waals surface area (Å²) in [6, 6.07) is 15.6. The fourth-order valence-corrected chi connectivity index (χ4v) is 2.43. The molecule has 1 atom stereocenters. The minimum Gasteiger partial charge on any atom is -0.496 e. The van der Waals surface area contributed by atoms with E-state index in [9.17, 15) is 4.79 Å². The lowest BCUT2D eigenvalue weighted by Crippen LogP contribution is -2.87. The van der Waals surface area contributed by atoms with E-state index in [1.807, 2.05) is 53.8 Å². The highest BCUT2D eigenvalue weighted by atomic mass is 35.5. The molecule has 0 aliphatic carbocycles. The molecule has 122 valence electrons. The SMILES string of the molecule is COc1ccccc1CNC(=O)C[NH2+][C@H](C)c1ccc(Cl)cc1. The Morgan fingerprint density at radius 3 is 2.61 bits per heavy atom. The maximum atomic E-state index is 12.0. The smallest absolute Gasteiger partial charge is 0.275 e. The van der Waals surface area contributed by atoms with Crippen LogP contribution in [0.1, 0.15) is 24.1 Å². The van der Waals surface area contributed by atoms with Gasteiger partial charge in [0, 0.05) is 22.7 Å². The zero-order valence-corrected chi connectivity index (χ0v) is 14.1. The summed E-state index contributed by atoms with van der Waals surface area (Å²) < 4.78 is 5.27. The number of carbonyl (C=O) groups excluding carboxylic acids is 1. The molecular formula is C18H22ClN2O2+. The predicted octanol–water partition coefficient (Wildman–Crippen LogP) is 2.29. The summed E-state index contributed by atoms with van der Waals surface area (Å²) in [5, 5.41) is 5.64. The van der Waals surface area contributed by atoms with Crippen molar-refractivity contribution >= 4 is 17.5 Å². The zero-order valence-electron chi connectivity index (χ0n) is 13.4. The molecule has 2 aromatic carbocycles. The first-order valence-corrected chi connectivity index (χ1v) is 7.95. The maximum absolute atomic E-state index is 12.0. The van der Waals surface area contributed by atoms with Gasteiger partial charge in [-0.15, -0.1) is 0 Å². The van der Waals surface area contributed by atoms with E-state index in [0.717, 1.165) is 21.9 Å². The Morgan fingerprint density at radius 1 is 1.22 bits per heavy atom. The van der Waals surface area contributed by atoms with Crippen molar-refractivity contribution < 1.29 is 14.8 Å². The van der Waals surface area contributed by atoms with Gasteiger partial charge in [0.1, 0.15) is 11.8 Å². The Hall–Kier alpha value is -2.04. The van der Waals surface area contributed by atoms with Gasteiger partial charge in [-0.3, -0.25) is 4.79 Å². The highest BCUT2D eigenvalue weighted by molar-refractivity contribution is 6.30. The van der Waals surface area contributed by atoms with Crippen LogP contribution in [0, 0.1) is 0 Å². The number of nitrogens with one attached hydrogen (secondary N) is 1. The van der Waals surface area contributed by atoms with Gasteiger partial charge < -0.3 is 15.4 Å². The molecule has 0 fully saturated rings. The molecule has 2 aromatic rings. The summed E-state index contributed by atoms with van der Waals surface area (Å²) in [5.41, 5.74) is 2.11. The van der Waals surface area contributed by atoms with Crippen molar-refractivity contribution in [3.05, 3.63) is 64.7 Å². The van der Waals surface area contributed by atoms with Gasteiger partial charge in [-0.05, 0) is 25.1 Å². The Kier molecular flexibility index (Phi) is 6.44. The quantitative estimate of drug-likeness (QED) is 0.817. The zero-order chi connectivity index (χ0) is 16.7. The molecular weight excluding hydrogens is 312 g/mol. The molecule has 0 saturated heterocycles. The van der Waals surface area contributed by atoms with Crippen LogP contribution in [0.15, 0.2) is 48.5 Å². The number of hydrogen-bond acceptors (Lipinski definition) is 2. The first-order chi connectivity index (χ1) is 11.1.